The van der Waals surface area contributed by atoms with Crippen LogP contribution in [0.3, 0.4) is 0 Å². The van der Waals surface area contributed by atoms with Crippen LogP contribution in [0, 0.1) is 13.8 Å². The molecule has 0 fully saturated rings. The van der Waals surface area contributed by atoms with Crippen LogP contribution in [0.25, 0.3) is 0 Å². The number of carbonyl (C=O) groups is 1. The highest BCUT2D eigenvalue weighted by molar-refractivity contribution is 5.72. The van der Waals surface area contributed by atoms with Crippen LogP contribution in [0.2, 0.25) is 0 Å². The number of aryl methyl sites for hydroxylation is 2. The molecule has 1 aromatic heterocycles. The van der Waals surface area contributed by atoms with E-state index in [4.69, 9.17) is 9.63 Å². The summed E-state index contributed by atoms with van der Waals surface area (Å²) in [5.74, 6) is -0.985. The van der Waals surface area contributed by atoms with Gasteiger partial charge >= 0.3 is 5.97 Å². The van der Waals surface area contributed by atoms with Crippen LogP contribution in [0.1, 0.15) is 17.0 Å². The molecular weight excluding hydrogens is 177 g/mol. The van der Waals surface area contributed by atoms with E-state index in [-0.39, 0.29) is 6.42 Å². The van der Waals surface area contributed by atoms with Gasteiger partial charge in [-0.2, -0.15) is 0 Å². The zero-order valence-electron chi connectivity index (χ0n) is 7.37. The number of aromatic nitrogens is 1. The molecule has 0 aliphatic rings. The summed E-state index contributed by atoms with van der Waals surface area (Å²) in [6, 6.07) is 0. The summed E-state index contributed by atoms with van der Waals surface area (Å²) >= 11 is 0. The molecule has 0 radical (unpaired) electrons. The predicted molar refractivity (Wildman–Crippen MR) is 42.2 cm³/mol. The van der Waals surface area contributed by atoms with Crippen molar-refractivity contribution in [2.24, 2.45) is 0 Å². The summed E-state index contributed by atoms with van der Waals surface area (Å²) in [5, 5.41) is 11.9. The van der Waals surface area contributed by atoms with Gasteiger partial charge in [0.2, 0.25) is 6.17 Å². The molecule has 0 saturated carbocycles. The van der Waals surface area contributed by atoms with Crippen LogP contribution in [0.4, 0.5) is 4.39 Å². The minimum Gasteiger partial charge on any atom is -0.479 e. The van der Waals surface area contributed by atoms with Gasteiger partial charge in [0.1, 0.15) is 5.76 Å². The highest BCUT2D eigenvalue weighted by Crippen LogP contribution is 2.15. The Bertz CT molecular complexity index is 302. The van der Waals surface area contributed by atoms with E-state index in [0.717, 1.165) is 0 Å². The first-order chi connectivity index (χ1) is 6.02. The number of alkyl halides is 1. The van der Waals surface area contributed by atoms with Crippen molar-refractivity contribution >= 4 is 5.97 Å². The van der Waals surface area contributed by atoms with Gasteiger partial charge in [-0.3, -0.25) is 0 Å². The maximum absolute atomic E-state index is 12.8. The largest absolute Gasteiger partial charge is 0.479 e. The van der Waals surface area contributed by atoms with Gasteiger partial charge in [-0.05, 0) is 13.8 Å². The highest BCUT2D eigenvalue weighted by Gasteiger charge is 2.20. The Hall–Kier alpha value is -1.39. The normalized spacial score (nSPS) is 12.8. The maximum atomic E-state index is 12.8. The van der Waals surface area contributed by atoms with Crippen molar-refractivity contribution in [3.05, 3.63) is 17.0 Å². The number of carboxylic acids is 1. The third kappa shape index (κ3) is 2.05. The molecule has 13 heavy (non-hydrogen) atoms. The van der Waals surface area contributed by atoms with Crippen LogP contribution < -0.4 is 0 Å². The van der Waals surface area contributed by atoms with Gasteiger partial charge in [0.05, 0.1) is 5.69 Å². The molecule has 0 aromatic carbocycles. The van der Waals surface area contributed by atoms with Crippen molar-refractivity contribution in [2.75, 3.05) is 0 Å². The number of hydrogen-bond acceptors (Lipinski definition) is 3. The minimum atomic E-state index is -1.89. The second kappa shape index (κ2) is 3.55. The van der Waals surface area contributed by atoms with Gasteiger partial charge in [-0.25, -0.2) is 9.18 Å². The third-order valence-electron chi connectivity index (χ3n) is 1.83. The number of carboxylic acid groups (broad SMARTS) is 1. The van der Waals surface area contributed by atoms with Crippen LogP contribution in [0.15, 0.2) is 4.52 Å². The zero-order chi connectivity index (χ0) is 10.0. The molecule has 1 heterocycles. The Kier molecular flexibility index (Phi) is 2.65. The zero-order valence-corrected chi connectivity index (χ0v) is 7.37. The first-order valence-corrected chi connectivity index (χ1v) is 3.81. The van der Waals surface area contributed by atoms with Gasteiger partial charge < -0.3 is 9.63 Å². The number of nitrogens with zero attached hydrogens (tertiary/aromatic N) is 1. The molecule has 1 aromatic rings. The molecule has 0 amide bonds. The summed E-state index contributed by atoms with van der Waals surface area (Å²) in [7, 11) is 0. The maximum Gasteiger partial charge on any atom is 0.338 e. The van der Waals surface area contributed by atoms with Crippen molar-refractivity contribution in [2.45, 2.75) is 26.4 Å². The fourth-order valence-electron chi connectivity index (χ4n) is 1.06. The monoisotopic (exact) mass is 187 g/mol. The van der Waals surface area contributed by atoms with E-state index in [9.17, 15) is 9.18 Å². The lowest BCUT2D eigenvalue weighted by atomic mass is 10.1. The molecule has 0 aliphatic heterocycles. The number of aliphatic carboxylic acids is 1. The third-order valence-corrected chi connectivity index (χ3v) is 1.83. The second-order valence-corrected chi connectivity index (χ2v) is 2.81. The van der Waals surface area contributed by atoms with E-state index in [2.05, 4.69) is 5.16 Å². The number of rotatable bonds is 3. The van der Waals surface area contributed by atoms with Crippen LogP contribution in [-0.2, 0) is 11.2 Å². The van der Waals surface area contributed by atoms with E-state index in [0.29, 0.717) is 17.0 Å². The Morgan fingerprint density at radius 3 is 2.69 bits per heavy atom. The van der Waals surface area contributed by atoms with Crippen molar-refractivity contribution in [3.63, 3.8) is 0 Å². The van der Waals surface area contributed by atoms with E-state index in [1.807, 2.05) is 0 Å². The smallest absolute Gasteiger partial charge is 0.338 e. The minimum absolute atomic E-state index is 0.184. The Morgan fingerprint density at radius 1 is 1.69 bits per heavy atom. The molecule has 1 rings (SSSR count). The standard InChI is InChI=1S/C8H10FNO3/c1-4-6(5(2)13-10-4)3-7(9)8(11)12/h7H,3H2,1-2H3,(H,11,12)/t7-/m0/s1. The Balaban J connectivity index is 2.79. The average molecular weight is 187 g/mol. The lowest BCUT2D eigenvalue weighted by Crippen LogP contribution is -2.17. The molecule has 72 valence electrons. The lowest BCUT2D eigenvalue weighted by molar-refractivity contribution is -0.142. The summed E-state index contributed by atoms with van der Waals surface area (Å²) < 4.78 is 17.5. The van der Waals surface area contributed by atoms with Gasteiger partial charge in [0.15, 0.2) is 0 Å². The SMILES string of the molecule is Cc1noc(C)c1C[C@H](F)C(=O)O. The summed E-state index contributed by atoms with van der Waals surface area (Å²) in [4.78, 5) is 10.2. The van der Waals surface area contributed by atoms with E-state index in [1.54, 1.807) is 13.8 Å². The summed E-state index contributed by atoms with van der Waals surface area (Å²) in [6.45, 7) is 3.28. The van der Waals surface area contributed by atoms with Crippen molar-refractivity contribution in [1.82, 2.24) is 5.16 Å². The van der Waals surface area contributed by atoms with Gasteiger partial charge in [0.25, 0.3) is 0 Å². The topological polar surface area (TPSA) is 63.3 Å². The highest BCUT2D eigenvalue weighted by atomic mass is 19.1. The molecule has 1 atom stereocenters. The van der Waals surface area contributed by atoms with Crippen molar-refractivity contribution < 1.29 is 18.8 Å². The van der Waals surface area contributed by atoms with E-state index in [1.165, 1.54) is 0 Å². The number of hydrogen-bond donors (Lipinski definition) is 1. The first kappa shape index (κ1) is 9.70. The van der Waals surface area contributed by atoms with Crippen LogP contribution >= 0.6 is 0 Å². The van der Waals surface area contributed by atoms with Crippen molar-refractivity contribution in [1.29, 1.82) is 0 Å². The molecule has 0 aliphatic carbocycles. The average Bonchev–Trinajstić information content (AvgIpc) is 2.35. The van der Waals surface area contributed by atoms with Gasteiger partial charge in [-0.15, -0.1) is 0 Å². The fourth-order valence-corrected chi connectivity index (χ4v) is 1.06. The number of halogens is 1. The van der Waals surface area contributed by atoms with E-state index >= 15 is 0 Å². The van der Waals surface area contributed by atoms with Gasteiger partial charge in [-0.1, -0.05) is 5.16 Å². The molecule has 0 unspecified atom stereocenters. The van der Waals surface area contributed by atoms with Crippen LogP contribution in [0.5, 0.6) is 0 Å². The molecular formula is C8H10FNO3. The van der Waals surface area contributed by atoms with E-state index < -0.39 is 12.1 Å². The fraction of sp³-hybridized carbons (Fsp3) is 0.500. The first-order valence-electron chi connectivity index (χ1n) is 3.81. The van der Waals surface area contributed by atoms with Crippen LogP contribution in [-0.4, -0.2) is 22.4 Å². The lowest BCUT2D eigenvalue weighted by Gasteiger charge is -2.01. The summed E-state index contributed by atoms with van der Waals surface area (Å²) in [6.07, 6.45) is -2.08. The molecule has 0 saturated heterocycles. The molecule has 1 N–H and O–H groups in total. The molecule has 5 heteroatoms. The quantitative estimate of drug-likeness (QED) is 0.773. The Labute approximate surface area is 74.3 Å². The van der Waals surface area contributed by atoms with Crippen molar-refractivity contribution in [3.8, 4) is 0 Å². The molecule has 0 spiro atoms. The molecule has 0 bridgehead atoms. The predicted octanol–water partition coefficient (Wildman–Crippen LogP) is 1.26. The second-order valence-electron chi connectivity index (χ2n) is 2.81. The Morgan fingerprint density at radius 2 is 2.31 bits per heavy atom. The molecule has 4 nitrogen and oxygen atoms in total. The summed E-state index contributed by atoms with van der Waals surface area (Å²) in [5.41, 5.74) is 1.08. The van der Waals surface area contributed by atoms with Gasteiger partial charge in [0, 0.05) is 12.0 Å².